The predicted octanol–water partition coefficient (Wildman–Crippen LogP) is 2.96. The van der Waals surface area contributed by atoms with Crippen LogP contribution in [0.4, 0.5) is 13.2 Å². The first-order valence-corrected chi connectivity index (χ1v) is 4.76. The summed E-state index contributed by atoms with van der Waals surface area (Å²) in [5.74, 6) is 0. The summed E-state index contributed by atoms with van der Waals surface area (Å²) in [5.41, 5.74) is -0.150. The summed E-state index contributed by atoms with van der Waals surface area (Å²) in [4.78, 5) is 3.93. The van der Waals surface area contributed by atoms with Crippen LogP contribution >= 0.6 is 22.6 Å². The number of aromatic nitrogens is 2. The van der Waals surface area contributed by atoms with Crippen molar-refractivity contribution in [1.29, 1.82) is 0 Å². The monoisotopic (exact) mass is 312 g/mol. The third-order valence-corrected chi connectivity index (χ3v) is 2.59. The maximum Gasteiger partial charge on any atom is 0.417 e. The zero-order valence-corrected chi connectivity index (χ0v) is 8.87. The van der Waals surface area contributed by atoms with Crippen molar-refractivity contribution in [3.05, 3.63) is 33.8 Å². The van der Waals surface area contributed by atoms with Crippen LogP contribution in [0.5, 0.6) is 0 Å². The van der Waals surface area contributed by atoms with Crippen LogP contribution < -0.4 is 0 Å². The molecule has 2 nitrogen and oxygen atoms in total. The maximum absolute atomic E-state index is 12.3. The summed E-state index contributed by atoms with van der Waals surface area (Å²) in [5, 5.41) is 0. The molecule has 0 bridgehead atoms. The molecule has 0 aliphatic rings. The summed E-state index contributed by atoms with van der Waals surface area (Å²) in [6.45, 7) is 0. The number of hydrogen-bond acceptors (Lipinski definition) is 1. The van der Waals surface area contributed by atoms with Crippen LogP contribution in [0, 0.1) is 3.70 Å². The highest BCUT2D eigenvalue weighted by molar-refractivity contribution is 14.1. The molecule has 0 amide bonds. The van der Waals surface area contributed by atoms with E-state index in [1.807, 2.05) is 22.6 Å². The van der Waals surface area contributed by atoms with Crippen molar-refractivity contribution >= 4 is 28.2 Å². The van der Waals surface area contributed by atoms with Crippen LogP contribution in [0.2, 0.25) is 0 Å². The van der Waals surface area contributed by atoms with Gasteiger partial charge >= 0.3 is 6.18 Å². The van der Waals surface area contributed by atoms with Gasteiger partial charge < -0.3 is 0 Å². The van der Waals surface area contributed by atoms with Crippen molar-refractivity contribution in [2.24, 2.45) is 0 Å². The van der Waals surface area contributed by atoms with Gasteiger partial charge in [-0.25, -0.2) is 4.98 Å². The van der Waals surface area contributed by atoms with Crippen LogP contribution in [-0.4, -0.2) is 9.38 Å². The quantitative estimate of drug-likeness (QED) is 0.684. The van der Waals surface area contributed by atoms with Crippen molar-refractivity contribution in [1.82, 2.24) is 9.38 Å². The first-order chi connectivity index (χ1) is 6.48. The maximum atomic E-state index is 12.3. The number of imidazole rings is 1. The Kier molecular flexibility index (Phi) is 2.17. The summed E-state index contributed by atoms with van der Waals surface area (Å²) in [6, 6.07) is 2.38. The fraction of sp³-hybridized carbons (Fsp3) is 0.125. The first kappa shape index (κ1) is 9.75. The second-order valence-electron chi connectivity index (χ2n) is 2.72. The second-order valence-corrected chi connectivity index (χ2v) is 3.83. The molecule has 0 unspecified atom stereocenters. The Morgan fingerprint density at radius 1 is 1.29 bits per heavy atom. The highest BCUT2D eigenvalue weighted by Gasteiger charge is 2.30. The molecule has 0 aliphatic carbocycles. The number of nitrogens with zero attached hydrogens (tertiary/aromatic N) is 2. The lowest BCUT2D eigenvalue weighted by Gasteiger charge is -2.06. The molecule has 0 aliphatic heterocycles. The molecule has 0 radical (unpaired) electrons. The molecular formula is C8H4F3IN2. The van der Waals surface area contributed by atoms with Crippen LogP contribution in [-0.2, 0) is 6.18 Å². The van der Waals surface area contributed by atoms with Crippen molar-refractivity contribution < 1.29 is 13.2 Å². The molecule has 6 heteroatoms. The van der Waals surface area contributed by atoms with Gasteiger partial charge in [-0.15, -0.1) is 0 Å². The Labute approximate surface area is 90.9 Å². The van der Waals surface area contributed by atoms with Gasteiger partial charge in [0, 0.05) is 6.20 Å². The second kappa shape index (κ2) is 3.11. The van der Waals surface area contributed by atoms with Crippen molar-refractivity contribution in [3.63, 3.8) is 0 Å². The zero-order chi connectivity index (χ0) is 10.3. The van der Waals surface area contributed by atoms with Crippen LogP contribution in [0.25, 0.3) is 5.65 Å². The van der Waals surface area contributed by atoms with Crippen LogP contribution in [0.1, 0.15) is 5.56 Å². The molecule has 2 aromatic heterocycles. The van der Waals surface area contributed by atoms with Gasteiger partial charge in [-0.3, -0.25) is 4.40 Å². The Hall–Kier alpha value is -0.790. The van der Waals surface area contributed by atoms with Gasteiger partial charge in [0.15, 0.2) is 0 Å². The lowest BCUT2D eigenvalue weighted by molar-refractivity contribution is -0.137. The molecule has 2 heterocycles. The standard InChI is InChI=1S/C8H4F3IN2/c9-8(10,11)5-1-2-7-13-3-6(12)14(7)4-5/h1-4H. The smallest absolute Gasteiger partial charge is 0.294 e. The molecule has 0 atom stereocenters. The van der Waals surface area contributed by atoms with Gasteiger partial charge in [0.1, 0.15) is 9.35 Å². The van der Waals surface area contributed by atoms with Crippen LogP contribution in [0.15, 0.2) is 24.5 Å². The SMILES string of the molecule is FC(F)(F)c1ccc2ncc(I)n2c1. The Balaban J connectivity index is 2.66. The highest BCUT2D eigenvalue weighted by Crippen LogP contribution is 2.29. The van der Waals surface area contributed by atoms with Crippen molar-refractivity contribution in [3.8, 4) is 0 Å². The number of hydrogen-bond donors (Lipinski definition) is 0. The van der Waals surface area contributed by atoms with Crippen molar-refractivity contribution in [2.75, 3.05) is 0 Å². The largest absolute Gasteiger partial charge is 0.417 e. The van der Waals surface area contributed by atoms with Gasteiger partial charge in [0.2, 0.25) is 0 Å². The molecular weight excluding hydrogens is 308 g/mol. The van der Waals surface area contributed by atoms with E-state index in [1.165, 1.54) is 16.7 Å². The fourth-order valence-corrected chi connectivity index (χ4v) is 1.64. The summed E-state index contributed by atoms with van der Waals surface area (Å²) in [7, 11) is 0. The fourth-order valence-electron chi connectivity index (χ4n) is 1.12. The van der Waals surface area contributed by atoms with Gasteiger partial charge in [0.25, 0.3) is 0 Å². The Bertz CT molecular complexity index is 475. The van der Waals surface area contributed by atoms with E-state index in [9.17, 15) is 13.2 Å². The number of halogens is 4. The number of rotatable bonds is 0. The molecule has 2 rings (SSSR count). The first-order valence-electron chi connectivity index (χ1n) is 3.68. The van der Waals surface area contributed by atoms with Gasteiger partial charge in [-0.05, 0) is 34.7 Å². The van der Waals surface area contributed by atoms with Crippen molar-refractivity contribution in [2.45, 2.75) is 6.18 Å². The molecule has 0 saturated carbocycles. The van der Waals surface area contributed by atoms with Gasteiger partial charge in [0.05, 0.1) is 11.8 Å². The third-order valence-electron chi connectivity index (χ3n) is 1.79. The minimum Gasteiger partial charge on any atom is -0.294 e. The van der Waals surface area contributed by atoms with E-state index in [0.29, 0.717) is 9.35 Å². The third kappa shape index (κ3) is 1.58. The van der Waals surface area contributed by atoms with E-state index in [2.05, 4.69) is 4.98 Å². The van der Waals surface area contributed by atoms with Gasteiger partial charge in [-0.1, -0.05) is 0 Å². The average Bonchev–Trinajstić information content (AvgIpc) is 2.46. The topological polar surface area (TPSA) is 17.3 Å². The summed E-state index contributed by atoms with van der Waals surface area (Å²) < 4.78 is 39.0. The molecule has 0 spiro atoms. The molecule has 0 N–H and O–H groups in total. The minimum atomic E-state index is -4.30. The number of fused-ring (bicyclic) bond motifs is 1. The van der Waals surface area contributed by atoms with E-state index in [0.717, 1.165) is 12.3 Å². The molecule has 0 saturated heterocycles. The van der Waals surface area contributed by atoms with Gasteiger partial charge in [-0.2, -0.15) is 13.2 Å². The lowest BCUT2D eigenvalue weighted by atomic mass is 10.3. The lowest BCUT2D eigenvalue weighted by Crippen LogP contribution is -2.06. The molecule has 14 heavy (non-hydrogen) atoms. The minimum absolute atomic E-state index is 0.516. The zero-order valence-electron chi connectivity index (χ0n) is 6.72. The van der Waals surface area contributed by atoms with E-state index >= 15 is 0 Å². The Morgan fingerprint density at radius 3 is 2.64 bits per heavy atom. The van der Waals surface area contributed by atoms with Crippen LogP contribution in [0.3, 0.4) is 0 Å². The molecule has 74 valence electrons. The number of alkyl halides is 3. The molecule has 0 aromatic carbocycles. The predicted molar refractivity (Wildman–Crippen MR) is 52.9 cm³/mol. The number of pyridine rings is 1. The van der Waals surface area contributed by atoms with E-state index in [4.69, 9.17) is 0 Å². The van der Waals surface area contributed by atoms with E-state index in [1.54, 1.807) is 0 Å². The average molecular weight is 312 g/mol. The Morgan fingerprint density at radius 2 is 2.00 bits per heavy atom. The normalized spacial score (nSPS) is 12.3. The molecule has 2 aromatic rings. The van der Waals surface area contributed by atoms with E-state index in [-0.39, 0.29) is 0 Å². The highest BCUT2D eigenvalue weighted by atomic mass is 127. The summed E-state index contributed by atoms with van der Waals surface area (Å²) >= 11 is 1.93. The van der Waals surface area contributed by atoms with E-state index < -0.39 is 11.7 Å². The molecule has 0 fully saturated rings. The summed E-state index contributed by atoms with van der Waals surface area (Å²) in [6.07, 6.45) is -1.73.